The number of carbonyl (C=O) groups is 1. The molecule has 0 heterocycles. The summed E-state index contributed by atoms with van der Waals surface area (Å²) >= 11 is 0. The molecule has 0 unspecified atom stereocenters. The van der Waals surface area contributed by atoms with E-state index in [4.69, 9.17) is 0 Å². The molecule has 0 aromatic heterocycles. The Kier molecular flexibility index (Phi) is 4.04. The molecule has 1 amide bonds. The molecule has 0 atom stereocenters. The fourth-order valence-electron chi connectivity index (χ4n) is 0.612. The smallest absolute Gasteiger partial charge is 0.241 e. The average Bonchev–Trinajstić information content (AvgIpc) is 1.98. The van der Waals surface area contributed by atoms with Crippen LogP contribution in [0.1, 0.15) is 0 Å². The normalized spacial score (nSPS) is 10.5. The van der Waals surface area contributed by atoms with Gasteiger partial charge in [-0.25, -0.2) is 0 Å². The Morgan fingerprint density at radius 3 is 2.36 bits per heavy atom. The maximum absolute atomic E-state index is 11.2. The molecule has 0 radical (unpaired) electrons. The molecule has 0 aromatic rings. The number of hydrogen-bond acceptors (Lipinski definition) is 1. The van der Waals surface area contributed by atoms with Crippen LogP contribution >= 0.6 is 0 Å². The molecule has 0 spiro atoms. The zero-order valence-corrected chi connectivity index (χ0v) is 7.00. The molecule has 11 heavy (non-hydrogen) atoms. The van der Waals surface area contributed by atoms with Gasteiger partial charge in [0, 0.05) is 5.57 Å². The molecule has 0 aromatic carbocycles. The predicted molar refractivity (Wildman–Crippen MR) is 49.8 cm³/mol. The minimum absolute atomic E-state index is 0.0556. The molecule has 0 aliphatic carbocycles. The van der Waals surface area contributed by atoms with Gasteiger partial charge in [0.05, 0.1) is 0 Å². The summed E-state index contributed by atoms with van der Waals surface area (Å²) in [6.45, 7) is 7.01. The highest BCUT2D eigenvalue weighted by Crippen LogP contribution is 1.99. The average molecular weight is 149 g/mol. The minimum atomic E-state index is -0.0556. The Labute approximate surface area is 68.3 Å². The lowest BCUT2D eigenvalue weighted by molar-refractivity contribution is -0.121. The molecule has 0 bridgehead atoms. The van der Waals surface area contributed by atoms with E-state index in [0.29, 0.717) is 5.57 Å². The number of amides is 1. The molecule has 58 valence electrons. The Morgan fingerprint density at radius 2 is 2.09 bits per heavy atom. The monoisotopic (exact) mass is 149 g/mol. The Morgan fingerprint density at radius 1 is 1.55 bits per heavy atom. The molecule has 0 saturated heterocycles. The first-order valence-electron chi connectivity index (χ1n) is 3.30. The first-order valence-corrected chi connectivity index (χ1v) is 3.30. The molecular formula is C8H12BNO. The fourth-order valence-corrected chi connectivity index (χ4v) is 0.612. The van der Waals surface area contributed by atoms with Crippen LogP contribution in [0.4, 0.5) is 0 Å². The van der Waals surface area contributed by atoms with Gasteiger partial charge in [-0.1, -0.05) is 31.4 Å². The van der Waals surface area contributed by atoms with Crippen molar-refractivity contribution < 1.29 is 4.79 Å². The van der Waals surface area contributed by atoms with Gasteiger partial charge in [-0.05, 0) is 7.05 Å². The molecule has 2 nitrogen and oxygen atoms in total. The Hall–Kier alpha value is -1.25. The van der Waals surface area contributed by atoms with E-state index >= 15 is 0 Å². The van der Waals surface area contributed by atoms with Gasteiger partial charge in [0.2, 0.25) is 13.9 Å². The predicted octanol–water partition coefficient (Wildman–Crippen LogP) is 0.291. The molecule has 0 rings (SSSR count). The summed E-state index contributed by atoms with van der Waals surface area (Å²) in [5, 5.41) is 0. The van der Waals surface area contributed by atoms with E-state index in [9.17, 15) is 4.79 Å². The lowest BCUT2D eigenvalue weighted by Gasteiger charge is -2.10. The van der Waals surface area contributed by atoms with Gasteiger partial charge >= 0.3 is 0 Å². The van der Waals surface area contributed by atoms with E-state index in [2.05, 4.69) is 13.2 Å². The standard InChI is InChI=1S/C8H12BNO/c1-4-6-7(5-2)8(11)10(3)9/h4-6H,1-2,9H2,3H3/b7-6+. The third-order valence-corrected chi connectivity index (χ3v) is 1.17. The number of nitrogens with zero attached hydrogens (tertiary/aromatic N) is 1. The van der Waals surface area contributed by atoms with Crippen molar-refractivity contribution in [3.05, 3.63) is 37.0 Å². The summed E-state index contributed by atoms with van der Waals surface area (Å²) in [5.74, 6) is -0.0556. The Bertz CT molecular complexity index is 206. The van der Waals surface area contributed by atoms with Crippen molar-refractivity contribution in [1.82, 2.24) is 4.81 Å². The molecular weight excluding hydrogens is 137 g/mol. The van der Waals surface area contributed by atoms with Crippen molar-refractivity contribution in [3.8, 4) is 0 Å². The van der Waals surface area contributed by atoms with Crippen molar-refractivity contribution >= 4 is 13.9 Å². The zero-order valence-electron chi connectivity index (χ0n) is 7.00. The van der Waals surface area contributed by atoms with Gasteiger partial charge in [-0.3, -0.25) is 4.79 Å². The van der Waals surface area contributed by atoms with Crippen LogP contribution in [-0.4, -0.2) is 25.7 Å². The number of rotatable bonds is 3. The zero-order chi connectivity index (χ0) is 8.85. The van der Waals surface area contributed by atoms with Gasteiger partial charge in [0.25, 0.3) is 0 Å². The van der Waals surface area contributed by atoms with Crippen LogP contribution in [0, 0.1) is 0 Å². The van der Waals surface area contributed by atoms with Crippen LogP contribution in [-0.2, 0) is 4.79 Å². The van der Waals surface area contributed by atoms with Crippen molar-refractivity contribution in [1.29, 1.82) is 0 Å². The van der Waals surface area contributed by atoms with Gasteiger partial charge < -0.3 is 4.81 Å². The largest absolute Gasteiger partial charge is 0.392 e. The molecule has 0 N–H and O–H groups in total. The second-order valence-corrected chi connectivity index (χ2v) is 2.26. The van der Waals surface area contributed by atoms with Crippen LogP contribution in [0.5, 0.6) is 0 Å². The first kappa shape index (κ1) is 9.75. The highest BCUT2D eigenvalue weighted by Gasteiger charge is 2.05. The summed E-state index contributed by atoms with van der Waals surface area (Å²) in [4.78, 5) is 12.7. The summed E-state index contributed by atoms with van der Waals surface area (Å²) in [5.41, 5.74) is 0.560. The van der Waals surface area contributed by atoms with E-state index in [-0.39, 0.29) is 5.91 Å². The topological polar surface area (TPSA) is 20.3 Å². The van der Waals surface area contributed by atoms with Gasteiger partial charge in [0.15, 0.2) is 0 Å². The van der Waals surface area contributed by atoms with Crippen LogP contribution in [0.15, 0.2) is 37.0 Å². The molecule has 3 heteroatoms. The van der Waals surface area contributed by atoms with Gasteiger partial charge in [-0.15, -0.1) is 0 Å². The lowest BCUT2D eigenvalue weighted by atomic mass is 10.2. The van der Waals surface area contributed by atoms with Crippen LogP contribution in [0.25, 0.3) is 0 Å². The third kappa shape index (κ3) is 2.89. The minimum Gasteiger partial charge on any atom is -0.392 e. The number of hydrogen-bond donors (Lipinski definition) is 0. The lowest BCUT2D eigenvalue weighted by Crippen LogP contribution is -2.24. The van der Waals surface area contributed by atoms with Crippen molar-refractivity contribution in [2.24, 2.45) is 0 Å². The third-order valence-electron chi connectivity index (χ3n) is 1.17. The van der Waals surface area contributed by atoms with Gasteiger partial charge in [0.1, 0.15) is 0 Å². The SMILES string of the molecule is BN(C)C(=O)/C(C=C)=C/C=C. The van der Waals surface area contributed by atoms with Crippen LogP contribution < -0.4 is 0 Å². The van der Waals surface area contributed by atoms with Crippen molar-refractivity contribution in [2.45, 2.75) is 0 Å². The maximum atomic E-state index is 11.2. The summed E-state index contributed by atoms with van der Waals surface area (Å²) in [7, 11) is 3.39. The quantitative estimate of drug-likeness (QED) is 0.321. The molecule has 0 aliphatic rings. The second-order valence-electron chi connectivity index (χ2n) is 2.26. The van der Waals surface area contributed by atoms with E-state index in [1.165, 1.54) is 10.9 Å². The first-order chi connectivity index (χ1) is 5.13. The number of carbonyl (C=O) groups excluding carboxylic acids is 1. The fraction of sp³-hybridized carbons (Fsp3) is 0.125. The molecule has 0 saturated carbocycles. The summed E-state index contributed by atoms with van der Waals surface area (Å²) in [6.07, 6.45) is 4.72. The van der Waals surface area contributed by atoms with E-state index in [1.54, 1.807) is 27.2 Å². The van der Waals surface area contributed by atoms with Crippen molar-refractivity contribution in [3.63, 3.8) is 0 Å². The van der Waals surface area contributed by atoms with Crippen LogP contribution in [0.3, 0.4) is 0 Å². The van der Waals surface area contributed by atoms with Gasteiger partial charge in [-0.2, -0.15) is 0 Å². The number of likely N-dealkylation sites (N-methyl/N-ethyl adjacent to an activating group) is 1. The summed E-state index contributed by atoms with van der Waals surface area (Å²) in [6, 6.07) is 0. The highest BCUT2D eigenvalue weighted by atomic mass is 16.2. The van der Waals surface area contributed by atoms with E-state index in [0.717, 1.165) is 0 Å². The molecule has 0 fully saturated rings. The van der Waals surface area contributed by atoms with E-state index < -0.39 is 0 Å². The summed E-state index contributed by atoms with van der Waals surface area (Å²) < 4.78 is 0. The highest BCUT2D eigenvalue weighted by molar-refractivity contribution is 6.18. The maximum Gasteiger partial charge on any atom is 0.241 e. The number of allylic oxidation sites excluding steroid dienone is 2. The van der Waals surface area contributed by atoms with E-state index in [1.807, 2.05) is 0 Å². The second kappa shape index (κ2) is 4.55. The van der Waals surface area contributed by atoms with Crippen LogP contribution in [0.2, 0.25) is 0 Å². The molecule has 0 aliphatic heterocycles. The Balaban J connectivity index is 4.51. The van der Waals surface area contributed by atoms with Crippen molar-refractivity contribution in [2.75, 3.05) is 7.05 Å².